The molecule has 1 atom stereocenters. The molecule has 1 unspecified atom stereocenters. The molecule has 2 saturated heterocycles. The summed E-state index contributed by atoms with van der Waals surface area (Å²) in [6, 6.07) is 12.4. The number of carbonyl (C=O) groups excluding carboxylic acids is 1. The number of nitrogens with one attached hydrogen (secondary N) is 1. The second-order valence-electron chi connectivity index (χ2n) is 7.76. The number of carbonyl (C=O) groups is 1. The summed E-state index contributed by atoms with van der Waals surface area (Å²) in [6.07, 6.45) is 2.72. The summed E-state index contributed by atoms with van der Waals surface area (Å²) >= 11 is 0. The molecule has 0 radical (unpaired) electrons. The predicted octanol–water partition coefficient (Wildman–Crippen LogP) is 3.96. The van der Waals surface area contributed by atoms with Gasteiger partial charge >= 0.3 is 0 Å². The van der Waals surface area contributed by atoms with Crippen LogP contribution in [0.5, 0.6) is 0 Å². The first-order valence-corrected chi connectivity index (χ1v) is 9.31. The third-order valence-corrected chi connectivity index (χ3v) is 5.82. The molecule has 28 heavy (non-hydrogen) atoms. The maximum absolute atomic E-state index is 13.2. The molecule has 5 nitrogen and oxygen atoms in total. The zero-order chi connectivity index (χ0) is 19.3. The Morgan fingerprint density at radius 3 is 2.71 bits per heavy atom. The van der Waals surface area contributed by atoms with Gasteiger partial charge in [-0.05, 0) is 42.1 Å². The fourth-order valence-corrected chi connectivity index (χ4v) is 4.40. The van der Waals surface area contributed by atoms with Gasteiger partial charge in [-0.3, -0.25) is 4.79 Å². The van der Waals surface area contributed by atoms with Gasteiger partial charge in [0.1, 0.15) is 11.6 Å². The lowest BCUT2D eigenvalue weighted by Crippen LogP contribution is -2.66. The van der Waals surface area contributed by atoms with Crippen molar-refractivity contribution in [3.8, 4) is 0 Å². The molecule has 142 valence electrons. The molecule has 1 amide bonds. The van der Waals surface area contributed by atoms with Crippen molar-refractivity contribution >= 4 is 28.7 Å². The van der Waals surface area contributed by atoms with Crippen molar-refractivity contribution in [1.82, 2.24) is 9.88 Å². The van der Waals surface area contributed by atoms with E-state index < -0.39 is 0 Å². The molecular weight excluding hydrogens is 357 g/mol. The lowest BCUT2D eigenvalue weighted by Gasteiger charge is -2.59. The van der Waals surface area contributed by atoms with Crippen LogP contribution in [-0.2, 0) is 9.53 Å². The molecule has 5 rings (SSSR count). The van der Waals surface area contributed by atoms with E-state index in [9.17, 15) is 9.18 Å². The molecule has 1 aromatic heterocycles. The fraction of sp³-hybridized carbons (Fsp3) is 0.273. The average Bonchev–Trinajstić information content (AvgIpc) is 2.64. The minimum atomic E-state index is -0.271. The Morgan fingerprint density at radius 2 is 2.04 bits per heavy atom. The van der Waals surface area contributed by atoms with Crippen LogP contribution in [0, 0.1) is 18.2 Å². The number of amides is 1. The van der Waals surface area contributed by atoms with E-state index in [2.05, 4.69) is 23.3 Å². The standard InChI is InChI=1S/C22H20FN3O2/c1-14-3-2-4-17-19(14)18(20-22(12-28-20)10-26(11-22)13-27)9-24-21(17)25-16-7-5-15(23)6-8-16/h2-9,13,20H,10-12H2,1H3,(H,24,25). The second-order valence-corrected chi connectivity index (χ2v) is 7.76. The maximum Gasteiger partial charge on any atom is 0.209 e. The number of benzene rings is 2. The topological polar surface area (TPSA) is 54.5 Å². The lowest BCUT2D eigenvalue weighted by molar-refractivity contribution is -0.244. The molecule has 2 aromatic carbocycles. The number of aryl methyl sites for hydroxylation is 1. The molecule has 2 aliphatic rings. The van der Waals surface area contributed by atoms with E-state index in [4.69, 9.17) is 4.74 Å². The molecule has 3 heterocycles. The van der Waals surface area contributed by atoms with Crippen molar-refractivity contribution < 1.29 is 13.9 Å². The molecule has 1 spiro atoms. The number of pyridine rings is 1. The van der Waals surface area contributed by atoms with Crippen LogP contribution >= 0.6 is 0 Å². The zero-order valence-corrected chi connectivity index (χ0v) is 15.5. The highest BCUT2D eigenvalue weighted by molar-refractivity contribution is 5.97. The number of nitrogens with zero attached hydrogens (tertiary/aromatic N) is 2. The van der Waals surface area contributed by atoms with Crippen molar-refractivity contribution in [2.24, 2.45) is 5.41 Å². The van der Waals surface area contributed by atoms with Crippen molar-refractivity contribution in [1.29, 1.82) is 0 Å². The second kappa shape index (κ2) is 6.27. The first kappa shape index (κ1) is 17.1. The first-order chi connectivity index (χ1) is 13.6. The number of aromatic nitrogens is 1. The Balaban J connectivity index is 1.55. The highest BCUT2D eigenvalue weighted by Crippen LogP contribution is 2.53. The Morgan fingerprint density at radius 1 is 1.25 bits per heavy atom. The average molecular weight is 377 g/mol. The van der Waals surface area contributed by atoms with Gasteiger partial charge in [-0.15, -0.1) is 0 Å². The third kappa shape index (κ3) is 2.56. The van der Waals surface area contributed by atoms with Crippen molar-refractivity contribution in [2.75, 3.05) is 25.0 Å². The molecule has 2 fully saturated rings. The summed E-state index contributed by atoms with van der Waals surface area (Å²) in [5, 5.41) is 5.42. The molecule has 0 aliphatic carbocycles. The largest absolute Gasteiger partial charge is 0.372 e. The van der Waals surface area contributed by atoms with E-state index >= 15 is 0 Å². The summed E-state index contributed by atoms with van der Waals surface area (Å²) in [7, 11) is 0. The van der Waals surface area contributed by atoms with E-state index in [1.165, 1.54) is 12.1 Å². The summed E-state index contributed by atoms with van der Waals surface area (Å²) in [6.45, 7) is 4.20. The summed E-state index contributed by atoms with van der Waals surface area (Å²) in [5.74, 6) is 0.456. The summed E-state index contributed by atoms with van der Waals surface area (Å²) in [5.41, 5.74) is 2.99. The van der Waals surface area contributed by atoms with Gasteiger partial charge in [0, 0.05) is 35.9 Å². The molecule has 3 aromatic rings. The third-order valence-electron chi connectivity index (χ3n) is 5.82. The summed E-state index contributed by atoms with van der Waals surface area (Å²) in [4.78, 5) is 17.4. The maximum atomic E-state index is 13.2. The van der Waals surface area contributed by atoms with Crippen LogP contribution in [0.3, 0.4) is 0 Å². The van der Waals surface area contributed by atoms with Crippen molar-refractivity contribution in [3.63, 3.8) is 0 Å². The van der Waals surface area contributed by atoms with Crippen LogP contribution in [0.2, 0.25) is 0 Å². The van der Waals surface area contributed by atoms with Crippen molar-refractivity contribution in [3.05, 3.63) is 65.6 Å². The zero-order valence-electron chi connectivity index (χ0n) is 15.5. The van der Waals surface area contributed by atoms with Gasteiger partial charge in [0.2, 0.25) is 6.41 Å². The Labute approximate surface area is 162 Å². The molecule has 0 saturated carbocycles. The first-order valence-electron chi connectivity index (χ1n) is 9.31. The van der Waals surface area contributed by atoms with Gasteiger partial charge in [-0.2, -0.15) is 0 Å². The van der Waals surface area contributed by atoms with Crippen LogP contribution < -0.4 is 5.32 Å². The quantitative estimate of drug-likeness (QED) is 0.700. The van der Waals surface area contributed by atoms with E-state index in [0.717, 1.165) is 52.9 Å². The van der Waals surface area contributed by atoms with Crippen LogP contribution in [-0.4, -0.2) is 36.0 Å². The number of rotatable bonds is 4. The molecule has 0 bridgehead atoms. The van der Waals surface area contributed by atoms with E-state index in [1.807, 2.05) is 18.3 Å². The Hall–Kier alpha value is -2.99. The number of hydrogen-bond donors (Lipinski definition) is 1. The fourth-order valence-electron chi connectivity index (χ4n) is 4.40. The smallest absolute Gasteiger partial charge is 0.209 e. The predicted molar refractivity (Wildman–Crippen MR) is 105 cm³/mol. The highest BCUT2D eigenvalue weighted by Gasteiger charge is 2.57. The lowest BCUT2D eigenvalue weighted by atomic mass is 9.69. The van der Waals surface area contributed by atoms with Gasteiger partial charge in [0.25, 0.3) is 0 Å². The van der Waals surface area contributed by atoms with Crippen molar-refractivity contribution in [2.45, 2.75) is 13.0 Å². The number of ether oxygens (including phenoxy) is 1. The highest BCUT2D eigenvalue weighted by atomic mass is 19.1. The van der Waals surface area contributed by atoms with E-state index in [1.54, 1.807) is 17.0 Å². The van der Waals surface area contributed by atoms with Gasteiger partial charge < -0.3 is 15.0 Å². The van der Waals surface area contributed by atoms with Gasteiger partial charge in [0.05, 0.1) is 18.1 Å². The Bertz CT molecular complexity index is 1060. The SMILES string of the molecule is Cc1cccc2c(Nc3ccc(F)cc3)ncc(C3OCC34CN(C=O)C4)c12. The number of fused-ring (bicyclic) bond motifs is 1. The molecule has 2 aliphatic heterocycles. The van der Waals surface area contributed by atoms with Crippen LogP contribution in [0.25, 0.3) is 10.8 Å². The molecule has 6 heteroatoms. The number of halogens is 1. The minimum absolute atomic E-state index is 0.00367. The molecule has 1 N–H and O–H groups in total. The number of anilines is 2. The normalized spacial score (nSPS) is 19.9. The van der Waals surface area contributed by atoms with Crippen LogP contribution in [0.1, 0.15) is 17.2 Å². The van der Waals surface area contributed by atoms with Gasteiger partial charge in [0.15, 0.2) is 0 Å². The molecular formula is C22H20FN3O2. The number of hydrogen-bond acceptors (Lipinski definition) is 4. The van der Waals surface area contributed by atoms with Crippen LogP contribution in [0.4, 0.5) is 15.9 Å². The van der Waals surface area contributed by atoms with Crippen LogP contribution in [0.15, 0.2) is 48.7 Å². The van der Waals surface area contributed by atoms with E-state index in [-0.39, 0.29) is 17.3 Å². The van der Waals surface area contributed by atoms with E-state index in [0.29, 0.717) is 6.61 Å². The summed E-state index contributed by atoms with van der Waals surface area (Å²) < 4.78 is 19.2. The monoisotopic (exact) mass is 377 g/mol. The number of likely N-dealkylation sites (tertiary alicyclic amines) is 1. The van der Waals surface area contributed by atoms with Gasteiger partial charge in [-0.1, -0.05) is 18.2 Å². The Kier molecular flexibility index (Phi) is 3.84. The van der Waals surface area contributed by atoms with Gasteiger partial charge in [-0.25, -0.2) is 9.37 Å². The minimum Gasteiger partial charge on any atom is -0.372 e.